The summed E-state index contributed by atoms with van der Waals surface area (Å²) in [6, 6.07) is 1.74. The predicted molar refractivity (Wildman–Crippen MR) is 63.9 cm³/mol. The molecule has 3 heteroatoms. The molecule has 0 spiro atoms. The zero-order valence-corrected chi connectivity index (χ0v) is 9.99. The van der Waals surface area contributed by atoms with Crippen LogP contribution in [0.15, 0.2) is 0 Å². The summed E-state index contributed by atoms with van der Waals surface area (Å²) in [5.41, 5.74) is 5.59. The molecule has 2 rings (SSSR count). The number of nitrogens with zero attached hydrogens (tertiary/aromatic N) is 2. The lowest BCUT2D eigenvalue weighted by atomic mass is 10.0. The van der Waals surface area contributed by atoms with Gasteiger partial charge in [0, 0.05) is 31.7 Å². The van der Waals surface area contributed by atoms with E-state index in [1.54, 1.807) is 0 Å². The molecule has 3 nitrogen and oxygen atoms in total. The largest absolute Gasteiger partial charge is 0.329 e. The fourth-order valence-electron chi connectivity index (χ4n) is 2.78. The first kappa shape index (κ1) is 11.4. The van der Waals surface area contributed by atoms with Gasteiger partial charge in [-0.15, -0.1) is 0 Å². The second kappa shape index (κ2) is 5.28. The summed E-state index contributed by atoms with van der Waals surface area (Å²) in [5.74, 6) is 0. The summed E-state index contributed by atoms with van der Waals surface area (Å²) in [4.78, 5) is 5.15. The van der Waals surface area contributed by atoms with E-state index in [-0.39, 0.29) is 0 Å². The normalized spacial score (nSPS) is 28.6. The maximum absolute atomic E-state index is 5.59. The zero-order valence-electron chi connectivity index (χ0n) is 9.99. The quantitative estimate of drug-likeness (QED) is 0.733. The minimum Gasteiger partial charge on any atom is -0.329 e. The molecule has 2 fully saturated rings. The predicted octanol–water partition coefficient (Wildman–Crippen LogP) is 0.894. The van der Waals surface area contributed by atoms with Gasteiger partial charge in [0.25, 0.3) is 0 Å². The third-order valence-electron chi connectivity index (χ3n) is 3.72. The van der Waals surface area contributed by atoms with Crippen LogP contribution in [0, 0.1) is 0 Å². The highest BCUT2D eigenvalue weighted by Crippen LogP contribution is 2.32. The summed E-state index contributed by atoms with van der Waals surface area (Å²) in [5, 5.41) is 0. The van der Waals surface area contributed by atoms with Crippen LogP contribution >= 0.6 is 0 Å². The molecule has 0 aromatic heterocycles. The Morgan fingerprint density at radius 3 is 2.73 bits per heavy atom. The fourth-order valence-corrected chi connectivity index (χ4v) is 2.78. The smallest absolute Gasteiger partial charge is 0.0226 e. The first-order valence-electron chi connectivity index (χ1n) is 6.45. The van der Waals surface area contributed by atoms with Crippen molar-refractivity contribution in [2.24, 2.45) is 5.73 Å². The van der Waals surface area contributed by atoms with Gasteiger partial charge in [-0.05, 0) is 39.3 Å². The molecular weight excluding hydrogens is 186 g/mol. The van der Waals surface area contributed by atoms with Crippen molar-refractivity contribution in [3.63, 3.8) is 0 Å². The molecule has 88 valence electrons. The molecular formula is C12H25N3. The highest BCUT2D eigenvalue weighted by atomic mass is 15.3. The number of hydrogen-bond donors (Lipinski definition) is 1. The van der Waals surface area contributed by atoms with E-state index in [1.165, 1.54) is 45.2 Å². The van der Waals surface area contributed by atoms with Crippen LogP contribution in [-0.2, 0) is 0 Å². The van der Waals surface area contributed by atoms with E-state index in [2.05, 4.69) is 16.8 Å². The fraction of sp³-hybridized carbons (Fsp3) is 1.00. The Bertz CT molecular complexity index is 191. The van der Waals surface area contributed by atoms with E-state index in [0.29, 0.717) is 0 Å². The van der Waals surface area contributed by atoms with Gasteiger partial charge in [0.05, 0.1) is 0 Å². The Kier molecular flexibility index (Phi) is 4.00. The summed E-state index contributed by atoms with van der Waals surface area (Å²) in [7, 11) is 2.20. The standard InChI is InChI=1S/C12H25N3/c1-14(9-7-13)10-12-4-2-3-8-15(12)11-5-6-11/h11-12H,2-10,13H2,1H3. The van der Waals surface area contributed by atoms with Crippen molar-refractivity contribution < 1.29 is 0 Å². The second-order valence-electron chi connectivity index (χ2n) is 5.17. The van der Waals surface area contributed by atoms with E-state index in [4.69, 9.17) is 5.73 Å². The Labute approximate surface area is 93.6 Å². The van der Waals surface area contributed by atoms with Crippen molar-refractivity contribution in [1.82, 2.24) is 9.80 Å². The van der Waals surface area contributed by atoms with E-state index >= 15 is 0 Å². The molecule has 1 aliphatic carbocycles. The lowest BCUT2D eigenvalue weighted by Crippen LogP contribution is -2.47. The molecule has 0 bridgehead atoms. The summed E-state index contributed by atoms with van der Waals surface area (Å²) in [6.07, 6.45) is 7.11. The highest BCUT2D eigenvalue weighted by molar-refractivity contribution is 4.91. The number of piperidine rings is 1. The number of likely N-dealkylation sites (tertiary alicyclic amines) is 1. The van der Waals surface area contributed by atoms with Gasteiger partial charge in [0.1, 0.15) is 0 Å². The van der Waals surface area contributed by atoms with Gasteiger partial charge in [-0.1, -0.05) is 6.42 Å². The first-order chi connectivity index (χ1) is 7.31. The van der Waals surface area contributed by atoms with Gasteiger partial charge >= 0.3 is 0 Å². The van der Waals surface area contributed by atoms with Crippen molar-refractivity contribution >= 4 is 0 Å². The van der Waals surface area contributed by atoms with Crippen molar-refractivity contribution in [3.05, 3.63) is 0 Å². The van der Waals surface area contributed by atoms with Gasteiger partial charge in [-0.3, -0.25) is 4.90 Å². The molecule has 0 radical (unpaired) electrons. The average molecular weight is 211 g/mol. The highest BCUT2D eigenvalue weighted by Gasteiger charge is 2.35. The van der Waals surface area contributed by atoms with E-state index in [0.717, 1.165) is 25.2 Å². The van der Waals surface area contributed by atoms with Crippen molar-refractivity contribution in [2.45, 2.75) is 44.2 Å². The monoisotopic (exact) mass is 211 g/mol. The maximum atomic E-state index is 5.59. The van der Waals surface area contributed by atoms with Crippen LogP contribution in [0.2, 0.25) is 0 Å². The topological polar surface area (TPSA) is 32.5 Å². The van der Waals surface area contributed by atoms with Crippen LogP contribution in [0.1, 0.15) is 32.1 Å². The lowest BCUT2D eigenvalue weighted by Gasteiger charge is -2.38. The van der Waals surface area contributed by atoms with Crippen LogP contribution in [0.5, 0.6) is 0 Å². The molecule has 0 aromatic carbocycles. The third-order valence-corrected chi connectivity index (χ3v) is 3.72. The van der Waals surface area contributed by atoms with E-state index in [1.807, 2.05) is 0 Å². The molecule has 1 atom stereocenters. The van der Waals surface area contributed by atoms with Crippen molar-refractivity contribution in [1.29, 1.82) is 0 Å². The summed E-state index contributed by atoms with van der Waals surface area (Å²) in [6.45, 7) is 4.38. The summed E-state index contributed by atoms with van der Waals surface area (Å²) < 4.78 is 0. The van der Waals surface area contributed by atoms with Crippen LogP contribution in [0.4, 0.5) is 0 Å². The number of likely N-dealkylation sites (N-methyl/N-ethyl adjacent to an activating group) is 1. The van der Waals surface area contributed by atoms with Crippen molar-refractivity contribution in [2.75, 3.05) is 33.2 Å². The number of rotatable bonds is 5. The Balaban J connectivity index is 1.81. The van der Waals surface area contributed by atoms with Gasteiger partial charge in [0.15, 0.2) is 0 Å². The molecule has 1 aliphatic heterocycles. The third kappa shape index (κ3) is 3.16. The van der Waals surface area contributed by atoms with E-state index < -0.39 is 0 Å². The first-order valence-corrected chi connectivity index (χ1v) is 6.45. The van der Waals surface area contributed by atoms with Gasteiger partial charge < -0.3 is 10.6 Å². The number of nitrogens with two attached hydrogens (primary N) is 1. The molecule has 1 unspecified atom stereocenters. The van der Waals surface area contributed by atoms with Crippen LogP contribution in [0.3, 0.4) is 0 Å². The molecule has 0 aromatic rings. The maximum Gasteiger partial charge on any atom is 0.0226 e. The SMILES string of the molecule is CN(CCN)CC1CCCCN1C1CC1. The summed E-state index contributed by atoms with van der Waals surface area (Å²) >= 11 is 0. The molecule has 0 amide bonds. The minimum absolute atomic E-state index is 0.784. The number of hydrogen-bond acceptors (Lipinski definition) is 3. The molecule has 1 heterocycles. The van der Waals surface area contributed by atoms with Crippen molar-refractivity contribution in [3.8, 4) is 0 Å². The van der Waals surface area contributed by atoms with Crippen LogP contribution in [0.25, 0.3) is 0 Å². The minimum atomic E-state index is 0.784. The van der Waals surface area contributed by atoms with E-state index in [9.17, 15) is 0 Å². The molecule has 2 aliphatic rings. The zero-order chi connectivity index (χ0) is 10.7. The molecule has 2 N–H and O–H groups in total. The Hall–Kier alpha value is -0.120. The Morgan fingerprint density at radius 1 is 1.27 bits per heavy atom. The van der Waals surface area contributed by atoms with Crippen LogP contribution < -0.4 is 5.73 Å². The van der Waals surface area contributed by atoms with Gasteiger partial charge in [-0.2, -0.15) is 0 Å². The molecule has 15 heavy (non-hydrogen) atoms. The Morgan fingerprint density at radius 2 is 2.07 bits per heavy atom. The van der Waals surface area contributed by atoms with Gasteiger partial charge in [-0.25, -0.2) is 0 Å². The molecule has 1 saturated carbocycles. The van der Waals surface area contributed by atoms with Crippen LogP contribution in [-0.4, -0.2) is 55.1 Å². The average Bonchev–Trinajstić information content (AvgIpc) is 3.02. The lowest BCUT2D eigenvalue weighted by molar-refractivity contribution is 0.107. The molecule has 1 saturated heterocycles. The van der Waals surface area contributed by atoms with Gasteiger partial charge in [0.2, 0.25) is 0 Å². The second-order valence-corrected chi connectivity index (χ2v) is 5.17.